The van der Waals surface area contributed by atoms with Crippen LogP contribution in [0, 0.1) is 6.92 Å². The van der Waals surface area contributed by atoms with Crippen molar-refractivity contribution in [2.45, 2.75) is 26.0 Å². The molecule has 0 spiro atoms. The maximum atomic E-state index is 12.2. The summed E-state index contributed by atoms with van der Waals surface area (Å²) in [5.74, 6) is -0.377. The molecule has 2 rings (SSSR count). The summed E-state index contributed by atoms with van der Waals surface area (Å²) in [4.78, 5) is 14.0. The molecule has 3 N–H and O–H groups in total. The van der Waals surface area contributed by atoms with Crippen LogP contribution < -0.4 is 10.5 Å². The van der Waals surface area contributed by atoms with Crippen LogP contribution in [0.4, 0.5) is 5.69 Å². The highest BCUT2D eigenvalue weighted by Gasteiger charge is 2.12. The Morgan fingerprint density at radius 3 is 2.41 bits per heavy atom. The van der Waals surface area contributed by atoms with Gasteiger partial charge in [0.2, 0.25) is 10.0 Å². The number of rotatable bonds is 5. The van der Waals surface area contributed by atoms with Gasteiger partial charge >= 0.3 is 0 Å². The van der Waals surface area contributed by atoms with Crippen molar-refractivity contribution < 1.29 is 13.2 Å². The van der Waals surface area contributed by atoms with Gasteiger partial charge in [-0.1, -0.05) is 19.1 Å². The van der Waals surface area contributed by atoms with Gasteiger partial charge < -0.3 is 5.32 Å². The van der Waals surface area contributed by atoms with E-state index in [1.807, 2.05) is 13.0 Å². The molecule has 1 aromatic heterocycles. The number of benzene rings is 1. The molecule has 5 nitrogen and oxygen atoms in total. The molecule has 1 heterocycles. The number of hydrogen-bond acceptors (Lipinski definition) is 4. The number of nitrogens with one attached hydrogen (secondary N) is 1. The first kappa shape index (κ1) is 16.7. The third-order valence-corrected chi connectivity index (χ3v) is 5.03. The highest BCUT2D eigenvalue weighted by Crippen LogP contribution is 2.23. The van der Waals surface area contributed by atoms with Crippen LogP contribution in [0.1, 0.15) is 32.6 Å². The molecule has 0 saturated heterocycles. The molecule has 118 valence electrons. The van der Waals surface area contributed by atoms with Gasteiger partial charge in [0, 0.05) is 10.6 Å². The van der Waals surface area contributed by atoms with Crippen LogP contribution in [-0.4, -0.2) is 14.3 Å². The van der Waals surface area contributed by atoms with Gasteiger partial charge in [0.15, 0.2) is 0 Å². The number of carbonyl (C=O) groups is 1. The molecule has 2 aromatic rings. The SMILES string of the molecule is CCc1cc(C(=O)Nc2ccc(CS(N)(=O)=O)cc2)sc1C. The van der Waals surface area contributed by atoms with Gasteiger partial charge in [-0.05, 0) is 42.7 Å². The zero-order valence-corrected chi connectivity index (χ0v) is 14.1. The minimum Gasteiger partial charge on any atom is -0.321 e. The summed E-state index contributed by atoms with van der Waals surface area (Å²) >= 11 is 1.47. The lowest BCUT2D eigenvalue weighted by Crippen LogP contribution is -2.14. The fraction of sp³-hybridized carbons (Fsp3) is 0.267. The molecule has 1 aromatic carbocycles. The monoisotopic (exact) mass is 338 g/mol. The van der Waals surface area contributed by atoms with Gasteiger partial charge in [0.1, 0.15) is 0 Å². The number of amides is 1. The first-order valence-corrected chi connectivity index (χ1v) is 9.31. The fourth-order valence-electron chi connectivity index (χ4n) is 2.09. The second-order valence-corrected chi connectivity index (χ2v) is 7.87. The molecule has 22 heavy (non-hydrogen) atoms. The lowest BCUT2D eigenvalue weighted by molar-refractivity contribution is 0.103. The van der Waals surface area contributed by atoms with E-state index >= 15 is 0 Å². The molecule has 7 heteroatoms. The second kappa shape index (κ2) is 6.60. The van der Waals surface area contributed by atoms with Crippen LogP contribution in [0.5, 0.6) is 0 Å². The largest absolute Gasteiger partial charge is 0.321 e. The van der Waals surface area contributed by atoms with Crippen LogP contribution >= 0.6 is 11.3 Å². The van der Waals surface area contributed by atoms with Crippen molar-refractivity contribution >= 4 is 33.0 Å². The lowest BCUT2D eigenvalue weighted by atomic mass is 10.2. The Bertz CT molecular complexity index is 778. The number of sulfonamides is 1. The third kappa shape index (κ3) is 4.40. The first-order chi connectivity index (χ1) is 10.3. The summed E-state index contributed by atoms with van der Waals surface area (Å²) in [6, 6.07) is 8.51. The third-order valence-electron chi connectivity index (χ3n) is 3.20. The molecule has 0 atom stereocenters. The molecular formula is C15H18N2O3S2. The van der Waals surface area contributed by atoms with Crippen LogP contribution in [0.15, 0.2) is 30.3 Å². The Hall–Kier alpha value is -1.70. The summed E-state index contributed by atoms with van der Waals surface area (Å²) < 4.78 is 22.0. The predicted octanol–water partition coefficient (Wildman–Crippen LogP) is 2.66. The van der Waals surface area contributed by atoms with Gasteiger partial charge in [0.05, 0.1) is 10.6 Å². The Balaban J connectivity index is 2.08. The fourth-order valence-corrected chi connectivity index (χ4v) is 3.76. The second-order valence-electron chi connectivity index (χ2n) is 5.00. The summed E-state index contributed by atoms with van der Waals surface area (Å²) in [6.45, 7) is 4.06. The number of anilines is 1. The van der Waals surface area contributed by atoms with E-state index in [9.17, 15) is 13.2 Å². The summed E-state index contributed by atoms with van der Waals surface area (Å²) in [5.41, 5.74) is 2.38. The molecule has 0 radical (unpaired) electrons. The number of hydrogen-bond donors (Lipinski definition) is 2. The standard InChI is InChI=1S/C15H18N2O3S2/c1-3-12-8-14(21-10(12)2)15(18)17-13-6-4-11(5-7-13)9-22(16,19)20/h4-8H,3,9H2,1-2H3,(H,17,18)(H2,16,19,20). The van der Waals surface area contributed by atoms with E-state index in [-0.39, 0.29) is 11.7 Å². The van der Waals surface area contributed by atoms with Gasteiger partial charge in [-0.2, -0.15) is 0 Å². The molecule has 0 aliphatic carbocycles. The molecule has 0 bridgehead atoms. The van der Waals surface area contributed by atoms with Crippen LogP contribution in [0.25, 0.3) is 0 Å². The summed E-state index contributed by atoms with van der Waals surface area (Å²) in [5, 5.41) is 7.80. The van der Waals surface area contributed by atoms with E-state index < -0.39 is 10.0 Å². The molecule has 0 aliphatic heterocycles. The lowest BCUT2D eigenvalue weighted by Gasteiger charge is -2.05. The topological polar surface area (TPSA) is 89.3 Å². The van der Waals surface area contributed by atoms with Crippen molar-refractivity contribution in [3.63, 3.8) is 0 Å². The predicted molar refractivity (Wildman–Crippen MR) is 89.6 cm³/mol. The average Bonchev–Trinajstić information content (AvgIpc) is 2.81. The first-order valence-electron chi connectivity index (χ1n) is 6.78. The normalized spacial score (nSPS) is 11.4. The number of carbonyl (C=O) groups excluding carboxylic acids is 1. The smallest absolute Gasteiger partial charge is 0.265 e. The summed E-state index contributed by atoms with van der Waals surface area (Å²) in [6.07, 6.45) is 0.901. The molecule has 1 amide bonds. The van der Waals surface area contributed by atoms with Gasteiger partial charge in [-0.25, -0.2) is 13.6 Å². The maximum Gasteiger partial charge on any atom is 0.265 e. The van der Waals surface area contributed by atoms with E-state index in [0.717, 1.165) is 11.3 Å². The highest BCUT2D eigenvalue weighted by molar-refractivity contribution is 7.88. The Morgan fingerprint density at radius 1 is 1.27 bits per heavy atom. The quantitative estimate of drug-likeness (QED) is 0.878. The van der Waals surface area contributed by atoms with Crippen molar-refractivity contribution in [1.29, 1.82) is 0 Å². The van der Waals surface area contributed by atoms with Crippen molar-refractivity contribution in [3.05, 3.63) is 51.2 Å². The van der Waals surface area contributed by atoms with Crippen molar-refractivity contribution in [3.8, 4) is 0 Å². The minimum absolute atomic E-state index is 0.160. The molecule has 0 saturated carbocycles. The van der Waals surface area contributed by atoms with Crippen molar-refractivity contribution in [2.24, 2.45) is 5.14 Å². The number of nitrogens with two attached hydrogens (primary N) is 1. The molecule has 0 unspecified atom stereocenters. The van der Waals surface area contributed by atoms with Crippen LogP contribution in [0.2, 0.25) is 0 Å². The van der Waals surface area contributed by atoms with E-state index in [4.69, 9.17) is 5.14 Å². The van der Waals surface area contributed by atoms with Gasteiger partial charge in [-0.15, -0.1) is 11.3 Å². The maximum absolute atomic E-state index is 12.2. The highest BCUT2D eigenvalue weighted by atomic mass is 32.2. The van der Waals surface area contributed by atoms with E-state index in [2.05, 4.69) is 12.2 Å². The Morgan fingerprint density at radius 2 is 1.91 bits per heavy atom. The van der Waals surface area contributed by atoms with Crippen molar-refractivity contribution in [2.75, 3.05) is 5.32 Å². The van der Waals surface area contributed by atoms with Gasteiger partial charge in [0.25, 0.3) is 5.91 Å². The Kier molecular flexibility index (Phi) is 5.00. The molecular weight excluding hydrogens is 320 g/mol. The van der Waals surface area contributed by atoms with Crippen LogP contribution in [-0.2, 0) is 22.2 Å². The van der Waals surface area contributed by atoms with Crippen LogP contribution in [0.3, 0.4) is 0 Å². The van der Waals surface area contributed by atoms with E-state index in [0.29, 0.717) is 16.1 Å². The zero-order chi connectivity index (χ0) is 16.3. The van der Waals surface area contributed by atoms with E-state index in [1.54, 1.807) is 24.3 Å². The summed E-state index contributed by atoms with van der Waals surface area (Å²) in [7, 11) is -3.55. The van der Waals surface area contributed by atoms with Crippen molar-refractivity contribution in [1.82, 2.24) is 0 Å². The van der Waals surface area contributed by atoms with Gasteiger partial charge in [-0.3, -0.25) is 4.79 Å². The van der Waals surface area contributed by atoms with E-state index in [1.165, 1.54) is 16.9 Å². The number of aryl methyl sites for hydroxylation is 2. The molecule has 0 aliphatic rings. The number of thiophene rings is 1. The Labute approximate surface area is 134 Å². The zero-order valence-electron chi connectivity index (χ0n) is 12.4. The minimum atomic E-state index is -3.55. The molecule has 0 fully saturated rings. The number of primary sulfonamides is 1. The average molecular weight is 338 g/mol.